The van der Waals surface area contributed by atoms with E-state index in [0.717, 1.165) is 25.2 Å². The van der Waals surface area contributed by atoms with Crippen molar-refractivity contribution in [2.24, 2.45) is 0 Å². The second kappa shape index (κ2) is 7.33. The van der Waals surface area contributed by atoms with E-state index in [2.05, 4.69) is 15.3 Å². The Morgan fingerprint density at radius 2 is 1.94 bits per heavy atom. The standard InChI is InChI=1S/C11H15N3O4/c1-18-5-3-2-4-12-10(15)8-6-14-9(7-13-8)11(16)17/h6-7H,2-5H2,1H3,(H,12,15)(H,16,17). The van der Waals surface area contributed by atoms with Gasteiger partial charge in [0.25, 0.3) is 5.91 Å². The van der Waals surface area contributed by atoms with Gasteiger partial charge < -0.3 is 15.2 Å². The van der Waals surface area contributed by atoms with Gasteiger partial charge in [-0.25, -0.2) is 14.8 Å². The van der Waals surface area contributed by atoms with E-state index in [1.54, 1.807) is 7.11 Å². The fourth-order valence-corrected chi connectivity index (χ4v) is 1.22. The number of rotatable bonds is 7. The Morgan fingerprint density at radius 3 is 2.50 bits per heavy atom. The van der Waals surface area contributed by atoms with Crippen molar-refractivity contribution in [2.75, 3.05) is 20.3 Å². The number of carboxylic acid groups (broad SMARTS) is 1. The Hall–Kier alpha value is -2.02. The highest BCUT2D eigenvalue weighted by Gasteiger charge is 2.09. The maximum absolute atomic E-state index is 11.6. The minimum absolute atomic E-state index is 0.103. The molecule has 7 nitrogen and oxygen atoms in total. The summed E-state index contributed by atoms with van der Waals surface area (Å²) in [6.07, 6.45) is 3.87. The van der Waals surface area contributed by atoms with E-state index >= 15 is 0 Å². The number of hydrogen-bond acceptors (Lipinski definition) is 5. The van der Waals surface area contributed by atoms with Crippen LogP contribution in [0.25, 0.3) is 0 Å². The third-order valence-electron chi connectivity index (χ3n) is 2.16. The lowest BCUT2D eigenvalue weighted by Gasteiger charge is -2.04. The van der Waals surface area contributed by atoms with Crippen LogP contribution in [0.15, 0.2) is 12.4 Å². The molecule has 1 aromatic heterocycles. The molecule has 0 radical (unpaired) electrons. The third-order valence-corrected chi connectivity index (χ3v) is 2.16. The molecule has 0 saturated carbocycles. The summed E-state index contributed by atoms with van der Waals surface area (Å²) >= 11 is 0. The lowest BCUT2D eigenvalue weighted by molar-refractivity contribution is 0.0689. The summed E-state index contributed by atoms with van der Waals surface area (Å²) in [6.45, 7) is 1.17. The fourth-order valence-electron chi connectivity index (χ4n) is 1.22. The highest BCUT2D eigenvalue weighted by Crippen LogP contribution is 1.96. The Kier molecular flexibility index (Phi) is 5.72. The molecule has 0 fully saturated rings. The number of carbonyl (C=O) groups is 2. The van der Waals surface area contributed by atoms with Gasteiger partial charge in [-0.2, -0.15) is 0 Å². The predicted octanol–water partition coefficient (Wildman–Crippen LogP) is 0.331. The number of nitrogens with zero attached hydrogens (tertiary/aromatic N) is 2. The average molecular weight is 253 g/mol. The number of carbonyl (C=O) groups excluding carboxylic acids is 1. The first-order valence-corrected chi connectivity index (χ1v) is 5.47. The molecule has 0 aliphatic carbocycles. The zero-order valence-electron chi connectivity index (χ0n) is 10.0. The fraction of sp³-hybridized carbons (Fsp3) is 0.455. The van der Waals surface area contributed by atoms with Gasteiger partial charge in [-0.05, 0) is 12.8 Å². The smallest absolute Gasteiger partial charge is 0.356 e. The lowest BCUT2D eigenvalue weighted by Crippen LogP contribution is -2.26. The minimum atomic E-state index is -1.17. The Balaban J connectivity index is 2.39. The molecule has 1 amide bonds. The molecule has 1 heterocycles. The largest absolute Gasteiger partial charge is 0.476 e. The second-order valence-corrected chi connectivity index (χ2v) is 3.55. The highest BCUT2D eigenvalue weighted by atomic mass is 16.5. The van der Waals surface area contributed by atoms with Gasteiger partial charge in [-0.15, -0.1) is 0 Å². The Morgan fingerprint density at radius 1 is 1.28 bits per heavy atom. The topological polar surface area (TPSA) is 101 Å². The van der Waals surface area contributed by atoms with Crippen LogP contribution in [0.2, 0.25) is 0 Å². The molecule has 0 atom stereocenters. The number of aromatic carboxylic acids is 1. The van der Waals surface area contributed by atoms with Crippen LogP contribution < -0.4 is 5.32 Å². The van der Waals surface area contributed by atoms with Crippen LogP contribution in [0, 0.1) is 0 Å². The van der Waals surface area contributed by atoms with Gasteiger partial charge in [-0.1, -0.05) is 0 Å². The van der Waals surface area contributed by atoms with Gasteiger partial charge in [-0.3, -0.25) is 4.79 Å². The molecule has 0 spiro atoms. The number of aromatic nitrogens is 2. The van der Waals surface area contributed by atoms with E-state index in [4.69, 9.17) is 9.84 Å². The van der Waals surface area contributed by atoms with Gasteiger partial charge in [0.15, 0.2) is 5.69 Å². The molecule has 1 rings (SSSR count). The molecule has 98 valence electrons. The van der Waals surface area contributed by atoms with Gasteiger partial charge in [0.2, 0.25) is 0 Å². The quantitative estimate of drug-likeness (QED) is 0.679. The maximum Gasteiger partial charge on any atom is 0.356 e. The van der Waals surface area contributed by atoms with E-state index < -0.39 is 5.97 Å². The molecule has 1 aromatic rings. The highest BCUT2D eigenvalue weighted by molar-refractivity contribution is 5.92. The molecule has 2 N–H and O–H groups in total. The van der Waals surface area contributed by atoms with Crippen molar-refractivity contribution >= 4 is 11.9 Å². The van der Waals surface area contributed by atoms with E-state index in [9.17, 15) is 9.59 Å². The first-order chi connectivity index (χ1) is 8.65. The number of amides is 1. The molecule has 18 heavy (non-hydrogen) atoms. The van der Waals surface area contributed by atoms with Crippen molar-refractivity contribution in [1.29, 1.82) is 0 Å². The number of unbranched alkanes of at least 4 members (excludes halogenated alkanes) is 1. The Bertz CT molecular complexity index is 405. The number of methoxy groups -OCH3 is 1. The summed E-state index contributed by atoms with van der Waals surface area (Å²) < 4.78 is 4.88. The summed E-state index contributed by atoms with van der Waals surface area (Å²) in [6, 6.07) is 0. The SMILES string of the molecule is COCCCCNC(=O)c1cnc(C(=O)O)cn1. The second-order valence-electron chi connectivity index (χ2n) is 3.55. The molecular formula is C11H15N3O4. The first-order valence-electron chi connectivity index (χ1n) is 5.47. The average Bonchev–Trinajstić information content (AvgIpc) is 2.38. The zero-order valence-corrected chi connectivity index (χ0v) is 10.0. The molecule has 0 bridgehead atoms. The van der Waals surface area contributed by atoms with E-state index in [0.29, 0.717) is 13.2 Å². The Labute approximate surface area is 104 Å². The third kappa shape index (κ3) is 4.46. The van der Waals surface area contributed by atoms with Crippen molar-refractivity contribution in [2.45, 2.75) is 12.8 Å². The summed E-state index contributed by atoms with van der Waals surface area (Å²) in [7, 11) is 1.62. The molecule has 0 aromatic carbocycles. The number of hydrogen-bond donors (Lipinski definition) is 2. The molecule has 0 unspecified atom stereocenters. The summed E-state index contributed by atoms with van der Waals surface area (Å²) in [5.74, 6) is -1.54. The minimum Gasteiger partial charge on any atom is -0.476 e. The van der Waals surface area contributed by atoms with E-state index in [1.165, 1.54) is 0 Å². The number of nitrogens with one attached hydrogen (secondary N) is 1. The summed E-state index contributed by atoms with van der Waals surface area (Å²) in [5, 5.41) is 11.3. The lowest BCUT2D eigenvalue weighted by atomic mass is 10.3. The van der Waals surface area contributed by atoms with Crippen molar-refractivity contribution in [3.8, 4) is 0 Å². The van der Waals surface area contributed by atoms with Gasteiger partial charge in [0, 0.05) is 20.3 Å². The van der Waals surface area contributed by atoms with Crippen LogP contribution in [0.3, 0.4) is 0 Å². The normalized spacial score (nSPS) is 10.1. The molecule has 0 aliphatic heterocycles. The van der Waals surface area contributed by atoms with Gasteiger partial charge in [0.05, 0.1) is 12.4 Å². The molecule has 0 aliphatic rings. The van der Waals surface area contributed by atoms with Crippen molar-refractivity contribution in [3.63, 3.8) is 0 Å². The zero-order chi connectivity index (χ0) is 13.4. The van der Waals surface area contributed by atoms with Crippen LogP contribution in [0.1, 0.15) is 33.8 Å². The van der Waals surface area contributed by atoms with Crippen LogP contribution in [-0.4, -0.2) is 47.2 Å². The first kappa shape index (κ1) is 14.0. The van der Waals surface area contributed by atoms with Crippen molar-refractivity contribution < 1.29 is 19.4 Å². The van der Waals surface area contributed by atoms with Crippen LogP contribution in [-0.2, 0) is 4.74 Å². The number of ether oxygens (including phenoxy) is 1. The molecule has 0 saturated heterocycles. The van der Waals surface area contributed by atoms with Crippen LogP contribution in [0.4, 0.5) is 0 Å². The van der Waals surface area contributed by atoms with Gasteiger partial charge >= 0.3 is 5.97 Å². The van der Waals surface area contributed by atoms with E-state index in [1.807, 2.05) is 0 Å². The summed E-state index contributed by atoms with van der Waals surface area (Å²) in [5.41, 5.74) is -0.0848. The van der Waals surface area contributed by atoms with Crippen molar-refractivity contribution in [1.82, 2.24) is 15.3 Å². The van der Waals surface area contributed by atoms with Crippen molar-refractivity contribution in [3.05, 3.63) is 23.8 Å². The van der Waals surface area contributed by atoms with Crippen LogP contribution >= 0.6 is 0 Å². The number of carboxylic acids is 1. The van der Waals surface area contributed by atoms with E-state index in [-0.39, 0.29) is 17.3 Å². The molecule has 7 heteroatoms. The van der Waals surface area contributed by atoms with Gasteiger partial charge in [0.1, 0.15) is 5.69 Å². The monoisotopic (exact) mass is 253 g/mol. The summed E-state index contributed by atoms with van der Waals surface area (Å²) in [4.78, 5) is 29.5. The maximum atomic E-state index is 11.6. The molecular weight excluding hydrogens is 238 g/mol. The predicted molar refractivity (Wildman–Crippen MR) is 62.4 cm³/mol. The van der Waals surface area contributed by atoms with Crippen LogP contribution in [0.5, 0.6) is 0 Å².